The summed E-state index contributed by atoms with van der Waals surface area (Å²) in [5, 5.41) is 5.83. The first-order chi connectivity index (χ1) is 7.38. The van der Waals surface area contributed by atoms with Gasteiger partial charge in [0.05, 0.1) is 19.9 Å². The van der Waals surface area contributed by atoms with E-state index >= 15 is 0 Å². The highest BCUT2D eigenvalue weighted by Crippen LogP contribution is 2.15. The van der Waals surface area contributed by atoms with Crippen LogP contribution in [-0.2, 0) is 6.54 Å². The summed E-state index contributed by atoms with van der Waals surface area (Å²) in [6.07, 6.45) is 1.66. The minimum absolute atomic E-state index is 0.668. The molecule has 0 bridgehead atoms. The van der Waals surface area contributed by atoms with Gasteiger partial charge in [-0.15, -0.1) is 0 Å². The first-order valence-electron chi connectivity index (χ1n) is 4.71. The second kappa shape index (κ2) is 4.55. The monoisotopic (exact) mass is 200 g/mol. The van der Waals surface area contributed by atoms with Gasteiger partial charge in [-0.25, -0.2) is 0 Å². The summed E-state index contributed by atoms with van der Waals surface area (Å²) in [7, 11) is 5.31. The number of rotatable bonds is 4. The van der Waals surface area contributed by atoms with Crippen LogP contribution in [0.2, 0.25) is 0 Å². The maximum absolute atomic E-state index is 5.31. The quantitative estimate of drug-likeness (QED) is 0.745. The van der Waals surface area contributed by atoms with Crippen molar-refractivity contribution in [2.75, 3.05) is 10.6 Å². The van der Waals surface area contributed by atoms with Gasteiger partial charge in [0.1, 0.15) is 5.76 Å². The number of benzene rings is 1. The van der Waals surface area contributed by atoms with Gasteiger partial charge in [0, 0.05) is 11.4 Å². The molecule has 2 radical (unpaired) electrons. The predicted molar refractivity (Wildman–Crippen MR) is 60.4 cm³/mol. The molecule has 1 aromatic carbocycles. The highest BCUT2D eigenvalue weighted by molar-refractivity contribution is 5.56. The molecule has 2 aromatic rings. The third kappa shape index (κ3) is 2.53. The Labute approximate surface area is 89.1 Å². The maximum Gasteiger partial charge on any atom is 0.122 e. The van der Waals surface area contributed by atoms with E-state index in [1.54, 1.807) is 6.26 Å². The highest BCUT2D eigenvalue weighted by atomic mass is 16.3. The first-order valence-corrected chi connectivity index (χ1v) is 4.71. The van der Waals surface area contributed by atoms with Gasteiger partial charge in [-0.05, 0) is 30.3 Å². The normalized spacial score (nSPS) is 9.93. The van der Waals surface area contributed by atoms with Gasteiger partial charge in [-0.1, -0.05) is 6.07 Å². The van der Waals surface area contributed by atoms with Crippen LogP contribution in [0.1, 0.15) is 5.76 Å². The van der Waals surface area contributed by atoms with E-state index in [9.17, 15) is 0 Å². The molecule has 0 unspecified atom stereocenters. The topological polar surface area (TPSA) is 37.2 Å². The summed E-state index contributed by atoms with van der Waals surface area (Å²) in [5.74, 6) is 0.904. The van der Waals surface area contributed by atoms with E-state index in [-0.39, 0.29) is 0 Å². The lowest BCUT2D eigenvalue weighted by atomic mass is 10.2. The molecule has 0 saturated carbocycles. The van der Waals surface area contributed by atoms with Crippen molar-refractivity contribution < 1.29 is 4.42 Å². The number of hydrogen-bond acceptors (Lipinski definition) is 3. The van der Waals surface area contributed by atoms with E-state index in [1.165, 1.54) is 0 Å². The third-order valence-electron chi connectivity index (χ3n) is 2.08. The van der Waals surface area contributed by atoms with Crippen molar-refractivity contribution in [1.82, 2.24) is 0 Å². The van der Waals surface area contributed by atoms with E-state index in [4.69, 9.17) is 11.5 Å². The highest BCUT2D eigenvalue weighted by Gasteiger charge is 1.96. The van der Waals surface area contributed by atoms with Gasteiger partial charge >= 0.3 is 0 Å². The fourth-order valence-corrected chi connectivity index (χ4v) is 1.32. The summed E-state index contributed by atoms with van der Waals surface area (Å²) < 4.78 is 5.21. The van der Waals surface area contributed by atoms with Crippen LogP contribution in [0.15, 0.2) is 47.1 Å². The van der Waals surface area contributed by atoms with Crippen LogP contribution in [0.25, 0.3) is 0 Å². The van der Waals surface area contributed by atoms with Crippen LogP contribution in [0.5, 0.6) is 0 Å². The van der Waals surface area contributed by atoms with Gasteiger partial charge in [0.2, 0.25) is 0 Å². The van der Waals surface area contributed by atoms with Crippen LogP contribution in [0, 0.1) is 7.05 Å². The van der Waals surface area contributed by atoms with Gasteiger partial charge in [0.15, 0.2) is 0 Å². The summed E-state index contributed by atoms with van der Waals surface area (Å²) in [5.41, 5.74) is 1.88. The second-order valence-corrected chi connectivity index (χ2v) is 3.16. The van der Waals surface area contributed by atoms with Gasteiger partial charge in [0.25, 0.3) is 0 Å². The minimum atomic E-state index is 0.668. The van der Waals surface area contributed by atoms with Crippen molar-refractivity contribution in [3.63, 3.8) is 0 Å². The molecule has 2 N–H and O–H groups in total. The van der Waals surface area contributed by atoms with Crippen LogP contribution in [0.4, 0.5) is 11.4 Å². The Morgan fingerprint density at radius 3 is 2.73 bits per heavy atom. The predicted octanol–water partition coefficient (Wildman–Crippen LogP) is 2.97. The Bertz CT molecular complexity index is 409. The van der Waals surface area contributed by atoms with E-state index in [2.05, 4.69) is 10.6 Å². The zero-order chi connectivity index (χ0) is 10.5. The Morgan fingerprint density at radius 2 is 2.00 bits per heavy atom. The van der Waals surface area contributed by atoms with Crippen molar-refractivity contribution in [1.29, 1.82) is 0 Å². The van der Waals surface area contributed by atoms with Gasteiger partial charge < -0.3 is 15.1 Å². The SMILES string of the molecule is [CH]Nc1cccc(NCc2ccco2)c1. The molecule has 1 heterocycles. The number of hydrogen-bond donors (Lipinski definition) is 2. The Kier molecular flexibility index (Phi) is 2.93. The zero-order valence-electron chi connectivity index (χ0n) is 8.23. The fraction of sp³-hybridized carbons (Fsp3) is 0.0833. The van der Waals surface area contributed by atoms with Crippen LogP contribution in [0.3, 0.4) is 0 Å². The molecular formula is C12H12N2O. The molecule has 0 atom stereocenters. The molecule has 3 nitrogen and oxygen atoms in total. The lowest BCUT2D eigenvalue weighted by Gasteiger charge is -2.06. The molecule has 0 saturated heterocycles. The molecule has 0 aliphatic heterocycles. The van der Waals surface area contributed by atoms with E-state index in [0.717, 1.165) is 17.1 Å². The van der Waals surface area contributed by atoms with Crippen molar-refractivity contribution in [2.45, 2.75) is 6.54 Å². The van der Waals surface area contributed by atoms with Crippen molar-refractivity contribution in [3.8, 4) is 0 Å². The number of furan rings is 1. The van der Waals surface area contributed by atoms with Gasteiger partial charge in [-0.3, -0.25) is 0 Å². The molecule has 2 rings (SSSR count). The molecule has 15 heavy (non-hydrogen) atoms. The average Bonchev–Trinajstić information content (AvgIpc) is 2.79. The Hall–Kier alpha value is -1.90. The molecular weight excluding hydrogens is 188 g/mol. The fourth-order valence-electron chi connectivity index (χ4n) is 1.32. The minimum Gasteiger partial charge on any atom is -0.467 e. The standard InChI is InChI=1S/C12H12N2O/c1-13-10-4-2-5-11(8-10)14-9-12-6-3-7-15-12/h1-8,13-14H,9H2. The van der Waals surface area contributed by atoms with Gasteiger partial charge in [-0.2, -0.15) is 0 Å². The average molecular weight is 200 g/mol. The van der Waals surface area contributed by atoms with Crippen LogP contribution < -0.4 is 10.6 Å². The Balaban J connectivity index is 1.98. The summed E-state index contributed by atoms with van der Waals surface area (Å²) in [6.45, 7) is 0.668. The molecule has 0 amide bonds. The van der Waals surface area contributed by atoms with Crippen molar-refractivity contribution in [2.24, 2.45) is 0 Å². The maximum atomic E-state index is 5.31. The number of nitrogens with one attached hydrogen (secondary N) is 2. The van der Waals surface area contributed by atoms with Crippen molar-refractivity contribution in [3.05, 3.63) is 55.5 Å². The lowest BCUT2D eigenvalue weighted by molar-refractivity contribution is 0.518. The molecule has 3 heteroatoms. The summed E-state index contributed by atoms with van der Waals surface area (Å²) in [6, 6.07) is 11.5. The smallest absolute Gasteiger partial charge is 0.122 e. The summed E-state index contributed by atoms with van der Waals surface area (Å²) >= 11 is 0. The molecule has 0 spiro atoms. The van der Waals surface area contributed by atoms with E-state index < -0.39 is 0 Å². The zero-order valence-corrected chi connectivity index (χ0v) is 8.23. The van der Waals surface area contributed by atoms with E-state index in [1.807, 2.05) is 36.4 Å². The molecule has 0 fully saturated rings. The largest absolute Gasteiger partial charge is 0.467 e. The number of anilines is 2. The Morgan fingerprint density at radius 1 is 1.13 bits per heavy atom. The molecule has 0 aliphatic rings. The summed E-state index contributed by atoms with van der Waals surface area (Å²) in [4.78, 5) is 0. The van der Waals surface area contributed by atoms with Crippen molar-refractivity contribution >= 4 is 11.4 Å². The molecule has 76 valence electrons. The molecule has 1 aromatic heterocycles. The lowest BCUT2D eigenvalue weighted by Crippen LogP contribution is -1.98. The van der Waals surface area contributed by atoms with Crippen LogP contribution in [-0.4, -0.2) is 0 Å². The third-order valence-corrected chi connectivity index (χ3v) is 2.08. The second-order valence-electron chi connectivity index (χ2n) is 3.16. The molecule has 0 aliphatic carbocycles. The van der Waals surface area contributed by atoms with Crippen LogP contribution >= 0.6 is 0 Å². The van der Waals surface area contributed by atoms with E-state index in [0.29, 0.717) is 6.54 Å². The first kappa shape index (κ1) is 9.65.